The van der Waals surface area contributed by atoms with Crippen molar-refractivity contribution in [1.29, 1.82) is 0 Å². The fraction of sp³-hybridized carbons (Fsp3) is 0.676. The number of fused-ring (bicyclic) bond motifs is 4. The quantitative estimate of drug-likeness (QED) is 0.498. The van der Waals surface area contributed by atoms with E-state index in [2.05, 4.69) is 68.8 Å². The number of piperazine rings is 1. The summed E-state index contributed by atoms with van der Waals surface area (Å²) in [5.41, 5.74) is 6.55. The number of carbonyl (C=O) groups excluding carboxylic acids is 1. The molecular formula is C34H48N2O2. The van der Waals surface area contributed by atoms with Gasteiger partial charge in [-0.15, -0.1) is 0 Å². The molecule has 0 aromatic heterocycles. The molecule has 0 spiro atoms. The third-order valence-corrected chi connectivity index (χ3v) is 11.0. The number of carbonyl (C=O) groups is 1. The maximum atomic E-state index is 12.4. The Kier molecular flexibility index (Phi) is 6.47. The number of likely N-dealkylation sites (N-methyl/N-ethyl adjacent to an activating group) is 1. The van der Waals surface area contributed by atoms with Gasteiger partial charge in [-0.1, -0.05) is 45.4 Å². The van der Waals surface area contributed by atoms with Gasteiger partial charge in [0.25, 0.3) is 0 Å². The molecule has 1 heterocycles. The van der Waals surface area contributed by atoms with E-state index in [0.717, 1.165) is 71.1 Å². The molecule has 1 aromatic carbocycles. The summed E-state index contributed by atoms with van der Waals surface area (Å²) in [5, 5.41) is 12.4. The summed E-state index contributed by atoms with van der Waals surface area (Å²) in [6, 6.07) is 9.46. The van der Waals surface area contributed by atoms with Crippen molar-refractivity contribution in [3.8, 4) is 0 Å². The van der Waals surface area contributed by atoms with E-state index in [4.69, 9.17) is 0 Å². The highest BCUT2D eigenvalue weighted by Crippen LogP contribution is 2.68. The summed E-state index contributed by atoms with van der Waals surface area (Å²) in [5.74, 6) is 1.67. The van der Waals surface area contributed by atoms with Crippen LogP contribution in [0.25, 0.3) is 0 Å². The van der Waals surface area contributed by atoms with Crippen molar-refractivity contribution in [3.05, 3.63) is 52.6 Å². The van der Waals surface area contributed by atoms with Crippen LogP contribution in [0.2, 0.25) is 0 Å². The van der Waals surface area contributed by atoms with Crippen LogP contribution in [0.1, 0.15) is 90.5 Å². The Bertz CT molecular complexity index is 1150. The molecule has 4 nitrogen and oxygen atoms in total. The van der Waals surface area contributed by atoms with E-state index in [1.165, 1.54) is 22.4 Å². The number of anilines is 1. The molecule has 5 atom stereocenters. The number of aliphatic hydroxyl groups is 1. The zero-order chi connectivity index (χ0) is 26.9. The van der Waals surface area contributed by atoms with Crippen LogP contribution >= 0.6 is 0 Å². The molecule has 1 N–H and O–H groups in total. The van der Waals surface area contributed by atoms with Gasteiger partial charge in [-0.2, -0.15) is 0 Å². The molecule has 4 aliphatic carbocycles. The Hall–Kier alpha value is -1.91. The largest absolute Gasteiger partial charge is 0.389 e. The highest BCUT2D eigenvalue weighted by atomic mass is 16.3. The monoisotopic (exact) mass is 516 g/mol. The van der Waals surface area contributed by atoms with E-state index in [-0.39, 0.29) is 10.8 Å². The minimum absolute atomic E-state index is 0.0945. The second-order valence-electron chi connectivity index (χ2n) is 14.7. The molecule has 1 saturated heterocycles. The summed E-state index contributed by atoms with van der Waals surface area (Å²) >= 11 is 0. The fourth-order valence-electron chi connectivity index (χ4n) is 9.20. The van der Waals surface area contributed by atoms with Crippen LogP contribution in [0.4, 0.5) is 5.69 Å². The van der Waals surface area contributed by atoms with Gasteiger partial charge in [0, 0.05) is 49.6 Å². The lowest BCUT2D eigenvalue weighted by Crippen LogP contribution is -2.52. The first-order valence-electron chi connectivity index (χ1n) is 15.2. The van der Waals surface area contributed by atoms with Crippen molar-refractivity contribution in [3.63, 3.8) is 0 Å². The van der Waals surface area contributed by atoms with Gasteiger partial charge >= 0.3 is 0 Å². The van der Waals surface area contributed by atoms with Gasteiger partial charge in [0.05, 0.1) is 5.60 Å². The summed E-state index contributed by atoms with van der Waals surface area (Å²) in [7, 11) is 2.21. The van der Waals surface area contributed by atoms with E-state index >= 15 is 0 Å². The zero-order valence-corrected chi connectivity index (χ0v) is 24.4. The molecule has 1 aromatic rings. The minimum atomic E-state index is -0.622. The van der Waals surface area contributed by atoms with Gasteiger partial charge < -0.3 is 14.9 Å². The molecule has 0 unspecified atom stereocenters. The molecule has 1 aliphatic heterocycles. The van der Waals surface area contributed by atoms with E-state index in [9.17, 15) is 9.90 Å². The maximum Gasteiger partial charge on any atom is 0.156 e. The molecule has 6 rings (SSSR count). The zero-order valence-electron chi connectivity index (χ0n) is 24.4. The van der Waals surface area contributed by atoms with Gasteiger partial charge in [-0.3, -0.25) is 4.79 Å². The minimum Gasteiger partial charge on any atom is -0.389 e. The van der Waals surface area contributed by atoms with Crippen molar-refractivity contribution in [2.24, 2.45) is 22.7 Å². The molecule has 0 amide bonds. The highest BCUT2D eigenvalue weighted by molar-refractivity contribution is 5.93. The summed E-state index contributed by atoms with van der Waals surface area (Å²) in [6.07, 6.45) is 9.58. The Labute approximate surface area is 230 Å². The first-order valence-corrected chi connectivity index (χ1v) is 15.2. The van der Waals surface area contributed by atoms with Gasteiger partial charge in [-0.05, 0) is 104 Å². The molecule has 206 valence electrons. The molecule has 5 aliphatic rings. The van der Waals surface area contributed by atoms with Gasteiger partial charge in [0.15, 0.2) is 5.78 Å². The lowest BCUT2D eigenvalue weighted by atomic mass is 9.50. The Balaban J connectivity index is 1.41. The average Bonchev–Trinajstić information content (AvgIpc) is 3.12. The van der Waals surface area contributed by atoms with Crippen LogP contribution < -0.4 is 4.90 Å². The van der Waals surface area contributed by atoms with Gasteiger partial charge in [0.2, 0.25) is 0 Å². The Morgan fingerprint density at radius 3 is 2.39 bits per heavy atom. The van der Waals surface area contributed by atoms with E-state index in [1.807, 2.05) is 6.08 Å². The third-order valence-electron chi connectivity index (χ3n) is 11.0. The smallest absolute Gasteiger partial charge is 0.156 e. The number of ketones is 1. The summed E-state index contributed by atoms with van der Waals surface area (Å²) < 4.78 is 0. The van der Waals surface area contributed by atoms with Crippen molar-refractivity contribution < 1.29 is 9.90 Å². The molecular weight excluding hydrogens is 468 g/mol. The van der Waals surface area contributed by atoms with Gasteiger partial charge in [0.1, 0.15) is 0 Å². The lowest BCUT2D eigenvalue weighted by molar-refractivity contribution is -0.115. The molecule has 3 fully saturated rings. The maximum absolute atomic E-state index is 12.4. The standard InChI is InChI=1S/C34H48N2O2/c1-32(2,3)22-34(38)15-14-30-28-12-8-24-20-26(37)11-13-27(24)31(28)29(21-33(30,34)4)23-6-9-25(10-7-23)36-18-16-35(5)17-19-36/h6-7,9-10,20,28-30,38H,8,11-19,21-22H2,1-5H3/t28-,29+,30-,33-,34+/m0/s1. The molecule has 0 radical (unpaired) electrons. The van der Waals surface area contributed by atoms with Crippen LogP contribution in [-0.4, -0.2) is 54.6 Å². The summed E-state index contributed by atoms with van der Waals surface area (Å²) in [4.78, 5) is 17.3. The number of allylic oxidation sites excluding steroid dienone is 4. The van der Waals surface area contributed by atoms with Crippen LogP contribution in [0.15, 0.2) is 47.1 Å². The van der Waals surface area contributed by atoms with Crippen LogP contribution in [0.5, 0.6) is 0 Å². The highest BCUT2D eigenvalue weighted by Gasteiger charge is 2.63. The van der Waals surface area contributed by atoms with Crippen molar-refractivity contribution >= 4 is 11.5 Å². The van der Waals surface area contributed by atoms with Crippen LogP contribution in [0.3, 0.4) is 0 Å². The van der Waals surface area contributed by atoms with Crippen molar-refractivity contribution in [2.75, 3.05) is 38.1 Å². The van der Waals surface area contributed by atoms with Gasteiger partial charge in [-0.25, -0.2) is 0 Å². The number of rotatable bonds is 3. The molecule has 38 heavy (non-hydrogen) atoms. The Morgan fingerprint density at radius 1 is 1.00 bits per heavy atom. The number of hydrogen-bond donors (Lipinski definition) is 1. The normalized spacial score (nSPS) is 36.1. The molecule has 4 heteroatoms. The average molecular weight is 517 g/mol. The third kappa shape index (κ3) is 4.40. The molecule has 0 bridgehead atoms. The first kappa shape index (κ1) is 26.3. The van der Waals surface area contributed by atoms with Crippen molar-refractivity contribution in [2.45, 2.75) is 90.6 Å². The second kappa shape index (κ2) is 9.34. The van der Waals surface area contributed by atoms with Crippen LogP contribution in [-0.2, 0) is 4.79 Å². The van der Waals surface area contributed by atoms with E-state index in [0.29, 0.717) is 30.0 Å². The number of hydrogen-bond acceptors (Lipinski definition) is 4. The Morgan fingerprint density at radius 2 is 1.71 bits per heavy atom. The van der Waals surface area contributed by atoms with Crippen molar-refractivity contribution in [1.82, 2.24) is 4.90 Å². The predicted octanol–water partition coefficient (Wildman–Crippen LogP) is 6.51. The number of benzene rings is 1. The number of nitrogens with zero attached hydrogens (tertiary/aromatic N) is 2. The lowest BCUT2D eigenvalue weighted by Gasteiger charge is -2.56. The van der Waals surface area contributed by atoms with Crippen LogP contribution in [0, 0.1) is 22.7 Å². The topological polar surface area (TPSA) is 43.8 Å². The van der Waals surface area contributed by atoms with E-state index in [1.54, 1.807) is 5.57 Å². The first-order chi connectivity index (χ1) is 18.0. The van der Waals surface area contributed by atoms with E-state index < -0.39 is 5.60 Å². The predicted molar refractivity (Wildman–Crippen MR) is 155 cm³/mol. The fourth-order valence-corrected chi connectivity index (χ4v) is 9.20. The second-order valence-corrected chi connectivity index (χ2v) is 14.7. The summed E-state index contributed by atoms with van der Waals surface area (Å²) in [6.45, 7) is 13.7. The molecule has 2 saturated carbocycles. The SMILES string of the molecule is CN1CCN(c2ccc([C@H]3C[C@@]4(C)[C@@H](CC[C@@]4(O)CC(C)(C)C)[C@@H]4CCC5=CC(=O)CCC5=C43)cc2)CC1.